The summed E-state index contributed by atoms with van der Waals surface area (Å²) < 4.78 is 5.07. The number of nitrogens with two attached hydrogens (primary N) is 1. The molecule has 1 heterocycles. The maximum Gasteiger partial charge on any atom is 0.417 e. The van der Waals surface area contributed by atoms with E-state index in [2.05, 4.69) is 9.88 Å². The summed E-state index contributed by atoms with van der Waals surface area (Å²) in [4.78, 5) is 15.9. The quantitative estimate of drug-likeness (QED) is 0.853. The van der Waals surface area contributed by atoms with Gasteiger partial charge in [0.15, 0.2) is 5.58 Å². The third kappa shape index (κ3) is 1.90. The van der Waals surface area contributed by atoms with Crippen molar-refractivity contribution >= 4 is 16.8 Å². The predicted molar refractivity (Wildman–Crippen MR) is 70.8 cm³/mol. The van der Waals surface area contributed by atoms with Gasteiger partial charge in [0, 0.05) is 30.8 Å². The highest BCUT2D eigenvalue weighted by Crippen LogP contribution is 2.45. The molecule has 0 aliphatic heterocycles. The SMILES string of the molecule is CN(CC1(CN)CC1)c1ccc2[nH]c(=O)oc2c1. The normalized spacial score (nSPS) is 17.0. The van der Waals surface area contributed by atoms with E-state index in [9.17, 15) is 4.79 Å². The van der Waals surface area contributed by atoms with Crippen molar-refractivity contribution < 1.29 is 4.42 Å². The van der Waals surface area contributed by atoms with Crippen LogP contribution in [0.15, 0.2) is 27.4 Å². The van der Waals surface area contributed by atoms with Crippen LogP contribution in [0, 0.1) is 5.41 Å². The number of hydrogen-bond acceptors (Lipinski definition) is 4. The zero-order valence-electron chi connectivity index (χ0n) is 10.4. The second kappa shape index (κ2) is 3.88. The first-order chi connectivity index (χ1) is 8.62. The van der Waals surface area contributed by atoms with Crippen molar-refractivity contribution in [3.8, 4) is 0 Å². The molecule has 5 heteroatoms. The number of oxazole rings is 1. The maximum atomic E-state index is 11.1. The molecular formula is C13H17N3O2. The molecule has 1 aromatic carbocycles. The largest absolute Gasteiger partial charge is 0.417 e. The van der Waals surface area contributed by atoms with Crippen molar-refractivity contribution in [2.75, 3.05) is 25.0 Å². The first kappa shape index (κ1) is 11.3. The fourth-order valence-corrected chi connectivity index (χ4v) is 2.37. The molecule has 0 atom stereocenters. The lowest BCUT2D eigenvalue weighted by Gasteiger charge is -2.24. The zero-order valence-corrected chi connectivity index (χ0v) is 10.4. The lowest BCUT2D eigenvalue weighted by atomic mass is 10.1. The Morgan fingerprint density at radius 3 is 2.94 bits per heavy atom. The molecule has 3 N–H and O–H groups in total. The number of nitrogens with zero attached hydrogens (tertiary/aromatic N) is 1. The van der Waals surface area contributed by atoms with Gasteiger partial charge >= 0.3 is 5.76 Å². The van der Waals surface area contributed by atoms with Gasteiger partial charge in [0.2, 0.25) is 0 Å². The molecule has 1 saturated carbocycles. The van der Waals surface area contributed by atoms with E-state index >= 15 is 0 Å². The number of aromatic nitrogens is 1. The maximum absolute atomic E-state index is 11.1. The molecular weight excluding hydrogens is 230 g/mol. The third-order valence-corrected chi connectivity index (χ3v) is 3.81. The summed E-state index contributed by atoms with van der Waals surface area (Å²) in [6.45, 7) is 1.68. The lowest BCUT2D eigenvalue weighted by Crippen LogP contribution is -2.31. The zero-order chi connectivity index (χ0) is 12.8. The van der Waals surface area contributed by atoms with Crippen molar-refractivity contribution in [3.05, 3.63) is 28.7 Å². The standard InChI is InChI=1S/C13H17N3O2/c1-16(8-13(7-14)4-5-13)9-2-3-10-11(6-9)18-12(17)15-10/h2-3,6H,4-5,7-8,14H2,1H3,(H,15,17). The van der Waals surface area contributed by atoms with Crippen LogP contribution in [0.2, 0.25) is 0 Å². The molecule has 2 aromatic rings. The molecule has 1 aromatic heterocycles. The third-order valence-electron chi connectivity index (χ3n) is 3.81. The molecule has 1 fully saturated rings. The van der Waals surface area contributed by atoms with Crippen LogP contribution >= 0.6 is 0 Å². The number of anilines is 1. The average molecular weight is 247 g/mol. The molecule has 0 radical (unpaired) electrons. The summed E-state index contributed by atoms with van der Waals surface area (Å²) >= 11 is 0. The molecule has 1 aliphatic carbocycles. The van der Waals surface area contributed by atoms with Crippen molar-refractivity contribution in [1.29, 1.82) is 0 Å². The molecule has 0 bridgehead atoms. The molecule has 0 spiro atoms. The van der Waals surface area contributed by atoms with Crippen LogP contribution in [0.3, 0.4) is 0 Å². The van der Waals surface area contributed by atoms with Crippen molar-refractivity contribution in [2.45, 2.75) is 12.8 Å². The number of nitrogens with one attached hydrogen (secondary N) is 1. The number of hydrogen-bond donors (Lipinski definition) is 2. The Morgan fingerprint density at radius 2 is 2.28 bits per heavy atom. The van der Waals surface area contributed by atoms with Crippen LogP contribution in [-0.4, -0.2) is 25.1 Å². The van der Waals surface area contributed by atoms with Gasteiger partial charge in [-0.15, -0.1) is 0 Å². The van der Waals surface area contributed by atoms with Gasteiger partial charge in [0.05, 0.1) is 5.52 Å². The molecule has 5 nitrogen and oxygen atoms in total. The Kier molecular flexibility index (Phi) is 2.45. The summed E-state index contributed by atoms with van der Waals surface area (Å²) in [6.07, 6.45) is 2.41. The van der Waals surface area contributed by atoms with Crippen LogP contribution in [-0.2, 0) is 0 Å². The average Bonchev–Trinajstić information content (AvgIpc) is 3.01. The summed E-state index contributed by atoms with van der Waals surface area (Å²) in [5.41, 5.74) is 8.47. The monoisotopic (exact) mass is 247 g/mol. The Bertz CT molecular complexity index is 624. The summed E-state index contributed by atoms with van der Waals surface area (Å²) in [5.74, 6) is -0.412. The van der Waals surface area contributed by atoms with E-state index in [1.54, 1.807) is 0 Å². The summed E-state index contributed by atoms with van der Waals surface area (Å²) in [5, 5.41) is 0. The Morgan fingerprint density at radius 1 is 1.50 bits per heavy atom. The van der Waals surface area contributed by atoms with Crippen LogP contribution in [0.5, 0.6) is 0 Å². The van der Waals surface area contributed by atoms with Gasteiger partial charge in [-0.05, 0) is 31.5 Å². The van der Waals surface area contributed by atoms with E-state index in [0.717, 1.165) is 24.3 Å². The molecule has 0 saturated heterocycles. The Labute approximate surface area is 105 Å². The molecule has 0 unspecified atom stereocenters. The van der Waals surface area contributed by atoms with E-state index < -0.39 is 5.76 Å². The second-order valence-electron chi connectivity index (χ2n) is 5.26. The van der Waals surface area contributed by atoms with E-state index in [1.807, 2.05) is 25.2 Å². The van der Waals surface area contributed by atoms with Gasteiger partial charge in [0.25, 0.3) is 0 Å². The van der Waals surface area contributed by atoms with Gasteiger partial charge in [0.1, 0.15) is 0 Å². The highest BCUT2D eigenvalue weighted by atomic mass is 16.4. The van der Waals surface area contributed by atoms with Crippen molar-refractivity contribution in [1.82, 2.24) is 4.98 Å². The second-order valence-corrected chi connectivity index (χ2v) is 5.26. The van der Waals surface area contributed by atoms with Gasteiger partial charge < -0.3 is 15.1 Å². The number of benzene rings is 1. The number of H-pyrrole nitrogens is 1. The fraction of sp³-hybridized carbons (Fsp3) is 0.462. The predicted octanol–water partition coefficient (Wildman–Crippen LogP) is 1.30. The Balaban J connectivity index is 1.86. The van der Waals surface area contributed by atoms with E-state index in [1.165, 1.54) is 12.8 Å². The molecule has 3 rings (SSSR count). The minimum Gasteiger partial charge on any atom is -0.408 e. The topological polar surface area (TPSA) is 75.3 Å². The lowest BCUT2D eigenvalue weighted by molar-refractivity contribution is 0.523. The summed E-state index contributed by atoms with van der Waals surface area (Å²) in [7, 11) is 2.04. The van der Waals surface area contributed by atoms with Crippen molar-refractivity contribution in [2.24, 2.45) is 11.1 Å². The summed E-state index contributed by atoms with van der Waals surface area (Å²) in [6, 6.07) is 5.74. The van der Waals surface area contributed by atoms with Crippen LogP contribution in [0.1, 0.15) is 12.8 Å². The van der Waals surface area contributed by atoms with E-state index in [4.69, 9.17) is 10.2 Å². The Hall–Kier alpha value is -1.75. The molecule has 1 aliphatic rings. The fourth-order valence-electron chi connectivity index (χ4n) is 2.37. The van der Waals surface area contributed by atoms with E-state index in [0.29, 0.717) is 11.0 Å². The number of aromatic amines is 1. The first-order valence-electron chi connectivity index (χ1n) is 6.16. The van der Waals surface area contributed by atoms with Crippen LogP contribution in [0.25, 0.3) is 11.1 Å². The smallest absolute Gasteiger partial charge is 0.408 e. The molecule has 96 valence electrons. The van der Waals surface area contributed by atoms with Crippen LogP contribution in [0.4, 0.5) is 5.69 Å². The molecule has 0 amide bonds. The van der Waals surface area contributed by atoms with Gasteiger partial charge in [-0.1, -0.05) is 0 Å². The number of rotatable bonds is 4. The van der Waals surface area contributed by atoms with Crippen LogP contribution < -0.4 is 16.4 Å². The van der Waals surface area contributed by atoms with Gasteiger partial charge in [-0.25, -0.2) is 4.79 Å². The minimum absolute atomic E-state index is 0.294. The van der Waals surface area contributed by atoms with E-state index in [-0.39, 0.29) is 0 Å². The minimum atomic E-state index is -0.412. The first-order valence-corrected chi connectivity index (χ1v) is 6.16. The molecule has 18 heavy (non-hydrogen) atoms. The van der Waals surface area contributed by atoms with Gasteiger partial charge in [-0.2, -0.15) is 0 Å². The highest BCUT2D eigenvalue weighted by Gasteiger charge is 2.42. The van der Waals surface area contributed by atoms with Crippen molar-refractivity contribution in [3.63, 3.8) is 0 Å². The van der Waals surface area contributed by atoms with Gasteiger partial charge in [-0.3, -0.25) is 4.98 Å². The highest BCUT2D eigenvalue weighted by molar-refractivity contribution is 5.77. The number of fused-ring (bicyclic) bond motifs is 1.